The summed E-state index contributed by atoms with van der Waals surface area (Å²) in [5.41, 5.74) is 2.27. The lowest BCUT2D eigenvalue weighted by molar-refractivity contribution is -0.385. The van der Waals surface area contributed by atoms with E-state index in [-0.39, 0.29) is 11.3 Å². The molecule has 0 bridgehead atoms. The molecule has 9 heteroatoms. The summed E-state index contributed by atoms with van der Waals surface area (Å²) in [6.45, 7) is 4.35. The number of benzene rings is 2. The first-order chi connectivity index (χ1) is 12.3. The van der Waals surface area contributed by atoms with E-state index in [1.54, 1.807) is 13.0 Å². The molecule has 0 aliphatic rings. The SMILES string of the molecule is CCn1c(N=Cc2cc(C)cc([N+](=O)[O-])c2O)nc2cc(Br)c(Br)cc21. The number of rotatable bonds is 4. The third kappa shape index (κ3) is 3.36. The smallest absolute Gasteiger partial charge is 0.311 e. The van der Waals surface area contributed by atoms with Gasteiger partial charge in [-0.2, -0.15) is 0 Å². The summed E-state index contributed by atoms with van der Waals surface area (Å²) in [6.07, 6.45) is 1.40. The minimum atomic E-state index is -0.615. The van der Waals surface area contributed by atoms with Gasteiger partial charge in [0.15, 0.2) is 0 Å². The molecule has 1 N–H and O–H groups in total. The van der Waals surface area contributed by atoms with Crippen LogP contribution in [0.3, 0.4) is 0 Å². The van der Waals surface area contributed by atoms with Gasteiger partial charge in [-0.1, -0.05) is 0 Å². The van der Waals surface area contributed by atoms with Gasteiger partial charge < -0.3 is 9.67 Å². The molecular formula is C17H14Br2N4O3. The number of aromatic hydroxyl groups is 1. The van der Waals surface area contributed by atoms with Gasteiger partial charge >= 0.3 is 5.69 Å². The Kier molecular flexibility index (Phi) is 5.10. The molecule has 0 spiro atoms. The number of hydrogen-bond donors (Lipinski definition) is 1. The van der Waals surface area contributed by atoms with E-state index < -0.39 is 10.7 Å². The topological polar surface area (TPSA) is 93.5 Å². The average Bonchev–Trinajstić information content (AvgIpc) is 2.91. The molecule has 0 fully saturated rings. The maximum atomic E-state index is 11.1. The molecule has 0 saturated carbocycles. The minimum Gasteiger partial charge on any atom is -0.502 e. The minimum absolute atomic E-state index is 0.272. The Hall–Kier alpha value is -2.26. The van der Waals surface area contributed by atoms with Crippen LogP contribution in [0.15, 0.2) is 38.2 Å². The van der Waals surface area contributed by atoms with Crippen molar-refractivity contribution in [2.45, 2.75) is 20.4 Å². The van der Waals surface area contributed by atoms with Crippen molar-refractivity contribution < 1.29 is 10.0 Å². The van der Waals surface area contributed by atoms with Gasteiger partial charge in [0.05, 0.1) is 16.0 Å². The van der Waals surface area contributed by atoms with Crippen molar-refractivity contribution >= 4 is 60.7 Å². The van der Waals surface area contributed by atoms with E-state index in [1.165, 1.54) is 12.3 Å². The second-order valence-corrected chi connectivity index (χ2v) is 7.36. The predicted octanol–water partition coefficient (Wildman–Crippen LogP) is 5.25. The lowest BCUT2D eigenvalue weighted by Crippen LogP contribution is -1.95. The van der Waals surface area contributed by atoms with Crippen LogP contribution in [-0.2, 0) is 6.54 Å². The highest BCUT2D eigenvalue weighted by atomic mass is 79.9. The van der Waals surface area contributed by atoms with Crippen LogP contribution in [0.1, 0.15) is 18.1 Å². The summed E-state index contributed by atoms with van der Waals surface area (Å²) < 4.78 is 3.71. The second kappa shape index (κ2) is 7.16. The predicted molar refractivity (Wildman–Crippen MR) is 108 cm³/mol. The van der Waals surface area contributed by atoms with Crippen LogP contribution in [0.2, 0.25) is 0 Å². The standard InChI is InChI=1S/C17H14Br2N4O3/c1-3-22-14-7-12(19)11(18)6-13(14)21-17(22)20-8-10-4-9(2)5-15(16(10)24)23(25)26/h4-8,24H,3H2,1-2H3. The Morgan fingerprint density at radius 1 is 1.31 bits per heavy atom. The highest BCUT2D eigenvalue weighted by Gasteiger charge is 2.17. The van der Waals surface area contributed by atoms with Gasteiger partial charge in [-0.15, -0.1) is 0 Å². The highest BCUT2D eigenvalue weighted by Crippen LogP contribution is 2.32. The van der Waals surface area contributed by atoms with Crippen LogP contribution in [0.5, 0.6) is 5.75 Å². The van der Waals surface area contributed by atoms with Gasteiger partial charge in [0.2, 0.25) is 11.7 Å². The van der Waals surface area contributed by atoms with Gasteiger partial charge in [-0.05, 0) is 69.5 Å². The zero-order valence-electron chi connectivity index (χ0n) is 13.9. The summed E-state index contributed by atoms with van der Waals surface area (Å²) in [7, 11) is 0. The summed E-state index contributed by atoms with van der Waals surface area (Å²) in [5, 5.41) is 21.2. The number of imidazole rings is 1. The van der Waals surface area contributed by atoms with E-state index in [2.05, 4.69) is 41.8 Å². The van der Waals surface area contributed by atoms with Crippen molar-refractivity contribution in [2.24, 2.45) is 4.99 Å². The Morgan fingerprint density at radius 2 is 2.00 bits per heavy atom. The van der Waals surface area contributed by atoms with Crippen molar-refractivity contribution in [1.82, 2.24) is 9.55 Å². The van der Waals surface area contributed by atoms with E-state index in [0.717, 1.165) is 20.0 Å². The molecule has 1 heterocycles. The second-order valence-electron chi connectivity index (χ2n) is 5.65. The largest absolute Gasteiger partial charge is 0.502 e. The normalized spacial score (nSPS) is 11.5. The van der Waals surface area contributed by atoms with Crippen molar-refractivity contribution in [3.63, 3.8) is 0 Å². The van der Waals surface area contributed by atoms with Crippen molar-refractivity contribution in [3.05, 3.63) is 54.5 Å². The zero-order valence-corrected chi connectivity index (χ0v) is 17.1. The first-order valence-electron chi connectivity index (χ1n) is 7.69. The van der Waals surface area contributed by atoms with Crippen LogP contribution in [0.4, 0.5) is 11.6 Å². The number of nitro groups is 1. The molecule has 134 valence electrons. The van der Waals surface area contributed by atoms with Crippen molar-refractivity contribution in [3.8, 4) is 5.75 Å². The zero-order chi connectivity index (χ0) is 19.0. The fraction of sp³-hybridized carbons (Fsp3) is 0.176. The van der Waals surface area contributed by atoms with Crippen LogP contribution in [0.25, 0.3) is 11.0 Å². The first-order valence-corrected chi connectivity index (χ1v) is 9.27. The number of aryl methyl sites for hydroxylation is 2. The molecule has 0 unspecified atom stereocenters. The van der Waals surface area contributed by atoms with Gasteiger partial charge in [0.25, 0.3) is 0 Å². The number of nitro benzene ring substituents is 1. The Balaban J connectivity index is 2.11. The number of aromatic nitrogens is 2. The van der Waals surface area contributed by atoms with Crippen molar-refractivity contribution in [1.29, 1.82) is 0 Å². The van der Waals surface area contributed by atoms with Gasteiger partial charge in [-0.3, -0.25) is 10.1 Å². The van der Waals surface area contributed by atoms with Crippen LogP contribution >= 0.6 is 31.9 Å². The molecule has 0 aliphatic heterocycles. The Labute approximate surface area is 165 Å². The van der Waals surface area contributed by atoms with Gasteiger partial charge in [0, 0.05) is 33.3 Å². The molecule has 26 heavy (non-hydrogen) atoms. The number of hydrogen-bond acceptors (Lipinski definition) is 5. The third-order valence-electron chi connectivity index (χ3n) is 3.87. The molecule has 0 saturated heterocycles. The maximum Gasteiger partial charge on any atom is 0.311 e. The van der Waals surface area contributed by atoms with E-state index in [1.807, 2.05) is 23.6 Å². The van der Waals surface area contributed by atoms with Crippen molar-refractivity contribution in [2.75, 3.05) is 0 Å². The van der Waals surface area contributed by atoms with E-state index >= 15 is 0 Å². The fourth-order valence-electron chi connectivity index (χ4n) is 2.67. The number of phenols is 1. The lowest BCUT2D eigenvalue weighted by Gasteiger charge is -2.04. The van der Waals surface area contributed by atoms with Gasteiger partial charge in [0.1, 0.15) is 0 Å². The monoisotopic (exact) mass is 480 g/mol. The van der Waals surface area contributed by atoms with Gasteiger partial charge in [-0.25, -0.2) is 9.98 Å². The summed E-state index contributed by atoms with van der Waals surface area (Å²) in [6, 6.07) is 6.80. The highest BCUT2D eigenvalue weighted by molar-refractivity contribution is 9.13. The van der Waals surface area contributed by atoms with Crippen LogP contribution in [0, 0.1) is 17.0 Å². The molecule has 3 rings (SSSR count). The van der Waals surface area contributed by atoms with E-state index in [9.17, 15) is 15.2 Å². The third-order valence-corrected chi connectivity index (χ3v) is 5.71. The average molecular weight is 482 g/mol. The number of phenolic OH excluding ortho intramolecular Hbond substituents is 1. The molecular weight excluding hydrogens is 468 g/mol. The number of fused-ring (bicyclic) bond motifs is 1. The molecule has 1 aromatic heterocycles. The van der Waals surface area contributed by atoms with E-state index in [0.29, 0.717) is 18.1 Å². The fourth-order valence-corrected chi connectivity index (χ4v) is 3.33. The molecule has 0 radical (unpaired) electrons. The number of nitrogens with zero attached hydrogens (tertiary/aromatic N) is 4. The van der Waals surface area contributed by atoms with Crippen LogP contribution in [-0.4, -0.2) is 25.8 Å². The number of halogens is 2. The Bertz CT molecular complexity index is 1060. The van der Waals surface area contributed by atoms with E-state index in [4.69, 9.17) is 0 Å². The van der Waals surface area contributed by atoms with Crippen LogP contribution < -0.4 is 0 Å². The first kappa shape index (κ1) is 18.5. The molecule has 7 nitrogen and oxygen atoms in total. The summed E-state index contributed by atoms with van der Waals surface area (Å²) >= 11 is 6.94. The molecule has 2 aromatic carbocycles. The molecule has 0 aliphatic carbocycles. The quantitative estimate of drug-likeness (QED) is 0.312. The molecule has 0 amide bonds. The number of aliphatic imine (C=N–C) groups is 1. The molecule has 0 atom stereocenters. The Morgan fingerprint density at radius 3 is 2.65 bits per heavy atom. The maximum absolute atomic E-state index is 11.1. The summed E-state index contributed by atoms with van der Waals surface area (Å²) in [5.74, 6) is 0.0463. The lowest BCUT2D eigenvalue weighted by atomic mass is 10.1. The molecule has 3 aromatic rings. The summed E-state index contributed by atoms with van der Waals surface area (Å²) in [4.78, 5) is 19.3.